The van der Waals surface area contributed by atoms with E-state index in [4.69, 9.17) is 0 Å². The van der Waals surface area contributed by atoms with Gasteiger partial charge in [0.05, 0.1) is 17.4 Å². The summed E-state index contributed by atoms with van der Waals surface area (Å²) in [4.78, 5) is 14.0. The van der Waals surface area contributed by atoms with E-state index in [-0.39, 0.29) is 17.6 Å². The molecule has 0 radical (unpaired) electrons. The molecule has 4 aromatic rings. The molecule has 1 heterocycles. The number of para-hydroxylation sites is 1. The van der Waals surface area contributed by atoms with Crippen LogP contribution in [0.3, 0.4) is 0 Å². The van der Waals surface area contributed by atoms with Crippen molar-refractivity contribution >= 4 is 11.6 Å². The van der Waals surface area contributed by atoms with Crippen molar-refractivity contribution < 1.29 is 14.3 Å². The molecule has 0 saturated heterocycles. The van der Waals surface area contributed by atoms with Gasteiger partial charge in [0.1, 0.15) is 5.82 Å². The first-order valence-electron chi connectivity index (χ1n) is 12.7. The van der Waals surface area contributed by atoms with Gasteiger partial charge < -0.3 is 20.3 Å². The second-order valence-corrected chi connectivity index (χ2v) is 9.54. The summed E-state index contributed by atoms with van der Waals surface area (Å²) in [6.45, 7) is 7.55. The van der Waals surface area contributed by atoms with Crippen LogP contribution in [-0.2, 0) is 6.54 Å². The van der Waals surface area contributed by atoms with Crippen molar-refractivity contribution in [3.05, 3.63) is 102 Å². The molecule has 3 aromatic carbocycles. The summed E-state index contributed by atoms with van der Waals surface area (Å²) < 4.78 is 16.1. The Labute approximate surface area is 218 Å². The summed E-state index contributed by atoms with van der Waals surface area (Å²) in [5.41, 5.74) is 5.67. The number of benzene rings is 3. The standard InChI is InChI=1S/C31H34FN3O2/c1-21(2)29-28(31(37)34-26-12-8-5-9-13-26)27(23-10-6-4-7-11-23)30(24-14-16-25(32)17-15-24)35(29)19-18-33-20-22(3)36/h4-17,21-22,33,36H,18-20H2,1-3H3,(H,34,37). The number of aliphatic hydroxyl groups is 1. The third-order valence-electron chi connectivity index (χ3n) is 6.24. The Morgan fingerprint density at radius 3 is 2.11 bits per heavy atom. The van der Waals surface area contributed by atoms with Crippen LogP contribution in [0.25, 0.3) is 22.4 Å². The lowest BCUT2D eigenvalue weighted by molar-refractivity contribution is 0.102. The third kappa shape index (κ3) is 6.16. The van der Waals surface area contributed by atoms with E-state index in [9.17, 15) is 14.3 Å². The zero-order valence-corrected chi connectivity index (χ0v) is 21.5. The summed E-state index contributed by atoms with van der Waals surface area (Å²) >= 11 is 0. The molecule has 0 saturated carbocycles. The largest absolute Gasteiger partial charge is 0.392 e. The van der Waals surface area contributed by atoms with Gasteiger partial charge in [-0.2, -0.15) is 0 Å². The van der Waals surface area contributed by atoms with Gasteiger partial charge in [0.25, 0.3) is 5.91 Å². The topological polar surface area (TPSA) is 66.3 Å². The molecule has 37 heavy (non-hydrogen) atoms. The maximum absolute atomic E-state index is 14.0. The minimum absolute atomic E-state index is 0.0324. The highest BCUT2D eigenvalue weighted by molar-refractivity contribution is 6.12. The van der Waals surface area contributed by atoms with E-state index in [2.05, 4.69) is 29.0 Å². The van der Waals surface area contributed by atoms with E-state index in [0.29, 0.717) is 25.2 Å². The van der Waals surface area contributed by atoms with Gasteiger partial charge in [-0.25, -0.2) is 4.39 Å². The summed E-state index contributed by atoms with van der Waals surface area (Å²) in [5.74, 6) is -0.467. The average Bonchev–Trinajstić information content (AvgIpc) is 3.23. The van der Waals surface area contributed by atoms with Crippen molar-refractivity contribution in [2.45, 2.75) is 39.3 Å². The number of carbonyl (C=O) groups excluding carboxylic acids is 1. The number of anilines is 1. The highest BCUT2D eigenvalue weighted by Crippen LogP contribution is 2.42. The average molecular weight is 500 g/mol. The SMILES string of the molecule is CC(O)CNCCn1c(-c2ccc(F)cc2)c(-c2ccccc2)c(C(=O)Nc2ccccc2)c1C(C)C. The summed E-state index contributed by atoms with van der Waals surface area (Å²) in [6, 6.07) is 25.7. The van der Waals surface area contributed by atoms with Crippen molar-refractivity contribution in [2.75, 3.05) is 18.4 Å². The fourth-order valence-electron chi connectivity index (χ4n) is 4.71. The molecule has 192 valence electrons. The Kier molecular flexibility index (Phi) is 8.54. The quantitative estimate of drug-likeness (QED) is 0.224. The molecule has 1 amide bonds. The van der Waals surface area contributed by atoms with Crippen LogP contribution >= 0.6 is 0 Å². The minimum atomic E-state index is -0.460. The van der Waals surface area contributed by atoms with Crippen molar-refractivity contribution in [3.8, 4) is 22.4 Å². The van der Waals surface area contributed by atoms with Gasteiger partial charge in [-0.05, 0) is 60.4 Å². The molecule has 0 aliphatic heterocycles. The number of nitrogens with one attached hydrogen (secondary N) is 2. The zero-order chi connectivity index (χ0) is 26.4. The Morgan fingerprint density at radius 2 is 1.51 bits per heavy atom. The van der Waals surface area contributed by atoms with Crippen LogP contribution in [-0.4, -0.2) is 34.8 Å². The van der Waals surface area contributed by atoms with Crippen LogP contribution in [0.1, 0.15) is 42.7 Å². The van der Waals surface area contributed by atoms with E-state index in [1.807, 2.05) is 60.7 Å². The number of rotatable bonds is 10. The van der Waals surface area contributed by atoms with Gasteiger partial charge in [0.2, 0.25) is 0 Å². The fraction of sp³-hybridized carbons (Fsp3) is 0.258. The Bertz CT molecular complexity index is 1310. The highest BCUT2D eigenvalue weighted by atomic mass is 19.1. The first-order valence-corrected chi connectivity index (χ1v) is 12.7. The minimum Gasteiger partial charge on any atom is -0.392 e. The number of hydrogen-bond acceptors (Lipinski definition) is 3. The monoisotopic (exact) mass is 499 g/mol. The summed E-state index contributed by atoms with van der Waals surface area (Å²) in [7, 11) is 0. The molecular formula is C31H34FN3O2. The molecule has 1 atom stereocenters. The lowest BCUT2D eigenvalue weighted by atomic mass is 9.94. The van der Waals surface area contributed by atoms with Crippen molar-refractivity contribution in [2.24, 2.45) is 0 Å². The third-order valence-corrected chi connectivity index (χ3v) is 6.24. The van der Waals surface area contributed by atoms with E-state index < -0.39 is 6.10 Å². The Hall–Kier alpha value is -3.74. The number of nitrogens with zero attached hydrogens (tertiary/aromatic N) is 1. The maximum atomic E-state index is 14.0. The lowest BCUT2D eigenvalue weighted by Crippen LogP contribution is -2.28. The molecule has 4 rings (SSSR count). The maximum Gasteiger partial charge on any atom is 0.258 e. The molecule has 0 bridgehead atoms. The predicted octanol–water partition coefficient (Wildman–Crippen LogP) is 6.31. The van der Waals surface area contributed by atoms with Crippen molar-refractivity contribution in [1.82, 2.24) is 9.88 Å². The van der Waals surface area contributed by atoms with Gasteiger partial charge in [-0.15, -0.1) is 0 Å². The number of carbonyl (C=O) groups is 1. The number of hydrogen-bond donors (Lipinski definition) is 3. The van der Waals surface area contributed by atoms with Crippen LogP contribution in [0, 0.1) is 5.82 Å². The van der Waals surface area contributed by atoms with Gasteiger partial charge in [-0.3, -0.25) is 4.79 Å². The van der Waals surface area contributed by atoms with Crippen LogP contribution in [0.4, 0.5) is 10.1 Å². The molecule has 5 nitrogen and oxygen atoms in total. The second-order valence-electron chi connectivity index (χ2n) is 9.54. The van der Waals surface area contributed by atoms with Crippen LogP contribution in [0.2, 0.25) is 0 Å². The molecule has 1 aromatic heterocycles. The fourth-order valence-corrected chi connectivity index (χ4v) is 4.71. The Morgan fingerprint density at radius 1 is 0.892 bits per heavy atom. The molecule has 0 aliphatic carbocycles. The van der Waals surface area contributed by atoms with Gasteiger partial charge >= 0.3 is 0 Å². The predicted molar refractivity (Wildman–Crippen MR) is 148 cm³/mol. The van der Waals surface area contributed by atoms with Crippen LogP contribution in [0.5, 0.6) is 0 Å². The molecule has 1 unspecified atom stereocenters. The summed E-state index contributed by atoms with van der Waals surface area (Å²) in [6.07, 6.45) is -0.460. The normalized spacial score (nSPS) is 12.1. The van der Waals surface area contributed by atoms with Gasteiger partial charge in [0.15, 0.2) is 0 Å². The molecule has 0 spiro atoms. The number of amides is 1. The number of aromatic nitrogens is 1. The smallest absolute Gasteiger partial charge is 0.258 e. The number of aliphatic hydroxyl groups excluding tert-OH is 1. The Balaban J connectivity index is 1.96. The first-order chi connectivity index (χ1) is 17.9. The van der Waals surface area contributed by atoms with E-state index >= 15 is 0 Å². The second kappa shape index (κ2) is 12.0. The molecule has 0 fully saturated rings. The van der Waals surface area contributed by atoms with Gasteiger partial charge in [0, 0.05) is 36.6 Å². The van der Waals surface area contributed by atoms with E-state index in [0.717, 1.165) is 33.8 Å². The van der Waals surface area contributed by atoms with E-state index in [1.54, 1.807) is 19.1 Å². The molecular weight excluding hydrogens is 465 g/mol. The first kappa shape index (κ1) is 26.3. The van der Waals surface area contributed by atoms with Gasteiger partial charge in [-0.1, -0.05) is 62.4 Å². The molecule has 6 heteroatoms. The van der Waals surface area contributed by atoms with E-state index in [1.165, 1.54) is 12.1 Å². The van der Waals surface area contributed by atoms with Crippen molar-refractivity contribution in [3.63, 3.8) is 0 Å². The zero-order valence-electron chi connectivity index (χ0n) is 21.5. The highest BCUT2D eigenvalue weighted by Gasteiger charge is 2.30. The molecule has 3 N–H and O–H groups in total. The number of halogens is 1. The van der Waals surface area contributed by atoms with Crippen LogP contribution in [0.15, 0.2) is 84.9 Å². The summed E-state index contributed by atoms with van der Waals surface area (Å²) in [5, 5.41) is 16.1. The van der Waals surface area contributed by atoms with Crippen molar-refractivity contribution in [1.29, 1.82) is 0 Å². The molecule has 0 aliphatic rings. The van der Waals surface area contributed by atoms with Crippen LogP contribution < -0.4 is 10.6 Å². The lowest BCUT2D eigenvalue weighted by Gasteiger charge is -2.18.